The van der Waals surface area contributed by atoms with Crippen molar-refractivity contribution in [3.63, 3.8) is 0 Å². The van der Waals surface area contributed by atoms with Gasteiger partial charge in [0.25, 0.3) is 5.78 Å². The molecule has 11 unspecified atom stereocenters. The number of hydrogen-bond acceptors (Lipinski definition) is 12. The van der Waals surface area contributed by atoms with Gasteiger partial charge in [0, 0.05) is 60.2 Å². The van der Waals surface area contributed by atoms with Crippen LogP contribution in [0.4, 0.5) is 0 Å². The SMILES string of the molecule is C=CC[C@H]1C(=O)C[C@@H](O)C(C)[C@@H]2CC(=O)[C@@]3(O)C(CCCC3C2C(C)[C@@H]2CCC(OC)[C@H](OC)C2)C(=O)C(=O)C2(OC)OC(C)(C(OC)CC2C)[C@@H](OC)C[C@H](C)CC(C)[C@H]1C. The van der Waals surface area contributed by atoms with E-state index in [2.05, 4.69) is 34.3 Å². The molecule has 354 valence electrons. The Labute approximate surface area is 372 Å². The van der Waals surface area contributed by atoms with Crippen LogP contribution in [0.3, 0.4) is 0 Å². The second kappa shape index (κ2) is 20.7. The van der Waals surface area contributed by atoms with E-state index in [1.165, 1.54) is 7.11 Å². The summed E-state index contributed by atoms with van der Waals surface area (Å²) in [6.45, 7) is 18.2. The highest BCUT2D eigenvalue weighted by Crippen LogP contribution is 2.57. The molecule has 0 amide bonds. The number of methoxy groups -OCH3 is 5. The van der Waals surface area contributed by atoms with Gasteiger partial charge in [-0.15, -0.1) is 6.58 Å². The lowest BCUT2D eigenvalue weighted by molar-refractivity contribution is -0.346. The highest BCUT2D eigenvalue weighted by molar-refractivity contribution is 6.41. The maximum Gasteiger partial charge on any atom is 0.258 e. The van der Waals surface area contributed by atoms with Gasteiger partial charge in [-0.25, -0.2) is 0 Å². The largest absolute Gasteiger partial charge is 0.392 e. The predicted octanol–water partition coefficient (Wildman–Crippen LogP) is 6.98. The first-order valence-corrected chi connectivity index (χ1v) is 23.8. The average molecular weight is 875 g/mol. The monoisotopic (exact) mass is 875 g/mol. The van der Waals surface area contributed by atoms with E-state index >= 15 is 9.59 Å². The number of aliphatic hydroxyl groups excluding tert-OH is 1. The number of ketones is 4. The summed E-state index contributed by atoms with van der Waals surface area (Å²) in [4.78, 5) is 59.6. The number of hydrogen-bond donors (Lipinski definition) is 2. The Morgan fingerprint density at radius 3 is 2.06 bits per heavy atom. The summed E-state index contributed by atoms with van der Waals surface area (Å²) >= 11 is 0. The van der Waals surface area contributed by atoms with Gasteiger partial charge in [0.05, 0.1) is 36.4 Å². The summed E-state index contributed by atoms with van der Waals surface area (Å²) in [6.07, 6.45) is 4.80. The average Bonchev–Trinajstić information content (AvgIpc) is 3.25. The molecule has 12 nitrogen and oxygen atoms in total. The van der Waals surface area contributed by atoms with Crippen molar-refractivity contribution in [2.45, 2.75) is 173 Å². The first-order chi connectivity index (χ1) is 29.2. The molecule has 2 N–H and O–H groups in total. The Kier molecular flexibility index (Phi) is 17.1. The maximum absolute atomic E-state index is 15.1. The van der Waals surface area contributed by atoms with Crippen molar-refractivity contribution < 1.29 is 57.8 Å². The third-order valence-electron chi connectivity index (χ3n) is 17.7. The van der Waals surface area contributed by atoms with Gasteiger partial charge in [-0.2, -0.15) is 0 Å². The fourth-order valence-corrected chi connectivity index (χ4v) is 13.7. The minimum Gasteiger partial charge on any atom is -0.392 e. The predicted molar refractivity (Wildman–Crippen MR) is 235 cm³/mol. The second-order valence-electron chi connectivity index (χ2n) is 20.8. The van der Waals surface area contributed by atoms with E-state index in [1.54, 1.807) is 41.4 Å². The van der Waals surface area contributed by atoms with Gasteiger partial charge in [0.15, 0.2) is 5.78 Å². The number of carbonyl (C=O) groups excluding carboxylic acids is 4. The first-order valence-electron chi connectivity index (χ1n) is 23.8. The fourth-order valence-electron chi connectivity index (χ4n) is 13.7. The Hall–Kier alpha value is -1.90. The summed E-state index contributed by atoms with van der Waals surface area (Å²) in [5.74, 6) is -8.34. The van der Waals surface area contributed by atoms with Crippen LogP contribution >= 0.6 is 0 Å². The van der Waals surface area contributed by atoms with Crippen LogP contribution < -0.4 is 0 Å². The molecule has 3 aliphatic carbocycles. The zero-order valence-electron chi connectivity index (χ0n) is 40.1. The van der Waals surface area contributed by atoms with Gasteiger partial charge >= 0.3 is 0 Å². The number of ether oxygens (including phenoxy) is 6. The highest BCUT2D eigenvalue weighted by Gasteiger charge is 2.67. The summed E-state index contributed by atoms with van der Waals surface area (Å²) in [7, 11) is 7.96. The molecule has 2 heterocycles. The van der Waals surface area contributed by atoms with Gasteiger partial charge in [0.1, 0.15) is 17.0 Å². The molecule has 5 fully saturated rings. The van der Waals surface area contributed by atoms with Crippen LogP contribution in [0.15, 0.2) is 12.7 Å². The minimum atomic E-state index is -2.14. The molecule has 3 saturated carbocycles. The Morgan fingerprint density at radius 2 is 1.47 bits per heavy atom. The standard InChI is InChI=1S/C50H82O12/c1-14-16-34-30(5)28(3)21-27(2)22-43(59-11)48(8)44(60-12)23-29(4)50(61-13,62-48)47(55)46(54)37-18-15-17-36-45(31(6)33-19-20-40(57-9)41(24-33)58-10)35(25-42(53)49(36,37)56)32(7)38(51)26-39(34)52/h14,27-38,40-41,43-45,51,56H,1,15-26H2,2-13H3/t27-,28?,29?,30-,31?,32?,33-,34-,35+,36?,37?,38-,40?,41-,43+,44?,45?,48?,49+,50?/m1/s1. The van der Waals surface area contributed by atoms with Crippen LogP contribution in [0.25, 0.3) is 0 Å². The molecule has 0 aromatic rings. The molecule has 0 radical (unpaired) electrons. The van der Waals surface area contributed by atoms with Crippen LogP contribution in [-0.4, -0.2) is 116 Å². The van der Waals surface area contributed by atoms with Gasteiger partial charge in [-0.05, 0) is 118 Å². The molecule has 4 bridgehead atoms. The van der Waals surface area contributed by atoms with Gasteiger partial charge < -0.3 is 38.6 Å². The molecule has 0 spiro atoms. The van der Waals surface area contributed by atoms with Crippen molar-refractivity contribution in [3.05, 3.63) is 12.7 Å². The molecule has 0 aromatic carbocycles. The molecule has 62 heavy (non-hydrogen) atoms. The van der Waals surface area contributed by atoms with Crippen molar-refractivity contribution in [2.75, 3.05) is 35.5 Å². The number of allylic oxidation sites excluding steroid dienone is 1. The second-order valence-corrected chi connectivity index (χ2v) is 20.8. The summed E-state index contributed by atoms with van der Waals surface area (Å²) in [5, 5.41) is 25.3. The molecule has 5 rings (SSSR count). The molecule has 12 heteroatoms. The van der Waals surface area contributed by atoms with Crippen LogP contribution in [0.5, 0.6) is 0 Å². The third-order valence-corrected chi connectivity index (χ3v) is 17.7. The molecule has 0 aromatic heterocycles. The molecular formula is C50H82O12. The maximum atomic E-state index is 15.1. The lowest BCUT2D eigenvalue weighted by atomic mass is 9.48. The first kappa shape index (κ1) is 51.1. The number of aliphatic hydroxyl groups is 2. The van der Waals surface area contributed by atoms with Gasteiger partial charge in [0.2, 0.25) is 11.6 Å². The Morgan fingerprint density at radius 1 is 0.823 bits per heavy atom. The van der Waals surface area contributed by atoms with Gasteiger partial charge in [-0.3, -0.25) is 19.2 Å². The topological polar surface area (TPSA) is 164 Å². The number of rotatable bonds is 9. The van der Waals surface area contributed by atoms with E-state index in [0.29, 0.717) is 38.5 Å². The molecule has 2 saturated heterocycles. The molecular weight excluding hydrogens is 793 g/mol. The Bertz CT molecular complexity index is 1580. The molecule has 20 atom stereocenters. The van der Waals surface area contributed by atoms with Crippen molar-refractivity contribution in [1.82, 2.24) is 0 Å². The lowest BCUT2D eigenvalue weighted by Crippen LogP contribution is -2.70. The lowest BCUT2D eigenvalue weighted by Gasteiger charge is -2.57. The number of fused-ring (bicyclic) bond motifs is 4. The van der Waals surface area contributed by atoms with Crippen LogP contribution in [-0.2, 0) is 47.6 Å². The Balaban J connectivity index is 1.67. The number of Topliss-reactive ketones (excluding diaryl/α,β-unsaturated/α-hetero) is 4. The summed E-state index contributed by atoms with van der Waals surface area (Å²) in [5.41, 5.74) is -3.39. The van der Waals surface area contributed by atoms with E-state index in [-0.39, 0.29) is 78.7 Å². The van der Waals surface area contributed by atoms with Crippen LogP contribution in [0, 0.1) is 71.0 Å². The summed E-state index contributed by atoms with van der Waals surface area (Å²) in [6, 6.07) is 0. The minimum absolute atomic E-state index is 0.0288. The zero-order chi connectivity index (χ0) is 46.1. The summed E-state index contributed by atoms with van der Waals surface area (Å²) < 4.78 is 37.0. The highest BCUT2D eigenvalue weighted by atomic mass is 16.7. The van der Waals surface area contributed by atoms with Crippen molar-refractivity contribution in [3.8, 4) is 0 Å². The van der Waals surface area contributed by atoms with Gasteiger partial charge in [-0.1, -0.05) is 54.0 Å². The van der Waals surface area contributed by atoms with Crippen molar-refractivity contribution in [2.24, 2.45) is 71.0 Å². The smallest absolute Gasteiger partial charge is 0.258 e. The third kappa shape index (κ3) is 9.25. The molecule has 5 aliphatic rings. The van der Waals surface area contributed by atoms with Crippen LogP contribution in [0.1, 0.15) is 126 Å². The normalized spacial score (nSPS) is 47.1. The van der Waals surface area contributed by atoms with E-state index in [1.807, 2.05) is 13.8 Å². The molecule has 2 aliphatic heterocycles. The van der Waals surface area contributed by atoms with E-state index < -0.39 is 82.2 Å². The zero-order valence-corrected chi connectivity index (χ0v) is 40.1. The van der Waals surface area contributed by atoms with E-state index in [9.17, 15) is 19.8 Å². The fraction of sp³-hybridized carbons (Fsp3) is 0.880. The van der Waals surface area contributed by atoms with E-state index in [4.69, 9.17) is 28.4 Å². The van der Waals surface area contributed by atoms with Crippen molar-refractivity contribution >= 4 is 23.1 Å². The van der Waals surface area contributed by atoms with Crippen LogP contribution in [0.2, 0.25) is 0 Å². The van der Waals surface area contributed by atoms with Crippen molar-refractivity contribution in [1.29, 1.82) is 0 Å². The quantitative estimate of drug-likeness (QED) is 0.181. The van der Waals surface area contributed by atoms with E-state index in [0.717, 1.165) is 19.3 Å². The number of carbonyl (C=O) groups is 4.